The molecule has 0 aromatic heterocycles. The van der Waals surface area contributed by atoms with E-state index in [0.717, 1.165) is 5.56 Å². The lowest BCUT2D eigenvalue weighted by Crippen LogP contribution is -2.21. The van der Waals surface area contributed by atoms with Gasteiger partial charge in [-0.2, -0.15) is 0 Å². The molecule has 0 aliphatic carbocycles. The van der Waals surface area contributed by atoms with Crippen LogP contribution in [-0.2, 0) is 0 Å². The Labute approximate surface area is 85.3 Å². The average Bonchev–Trinajstić information content (AvgIpc) is 2.11. The lowest BCUT2D eigenvalue weighted by Gasteiger charge is -2.21. The molecule has 0 amide bonds. The topological polar surface area (TPSA) is 12.0 Å². The Morgan fingerprint density at radius 2 is 1.93 bits per heavy atom. The minimum atomic E-state index is -0.132. The zero-order valence-electron chi connectivity index (χ0n) is 9.26. The molecule has 1 nitrogen and oxygen atoms in total. The van der Waals surface area contributed by atoms with E-state index in [1.165, 1.54) is 6.07 Å². The van der Waals surface area contributed by atoms with Gasteiger partial charge >= 0.3 is 0 Å². The molecule has 2 heteroatoms. The molecule has 0 aliphatic rings. The van der Waals surface area contributed by atoms with Crippen LogP contribution in [0.4, 0.5) is 4.39 Å². The molecule has 0 spiro atoms. The maximum absolute atomic E-state index is 13.0. The van der Waals surface area contributed by atoms with Gasteiger partial charge < -0.3 is 5.32 Å². The minimum absolute atomic E-state index is 0.132. The van der Waals surface area contributed by atoms with Crippen LogP contribution in [0.1, 0.15) is 31.0 Å². The summed E-state index contributed by atoms with van der Waals surface area (Å²) < 4.78 is 13.0. The van der Waals surface area contributed by atoms with E-state index >= 15 is 0 Å². The summed E-state index contributed by atoms with van der Waals surface area (Å²) in [6.07, 6.45) is 0. The number of rotatable bonds is 3. The van der Waals surface area contributed by atoms with Gasteiger partial charge in [0.15, 0.2) is 0 Å². The summed E-state index contributed by atoms with van der Waals surface area (Å²) in [5.41, 5.74) is 1.87. The number of aryl methyl sites for hydroxylation is 1. The molecule has 78 valence electrons. The first kappa shape index (κ1) is 11.2. The highest BCUT2D eigenvalue weighted by Gasteiger charge is 2.13. The third-order valence-electron chi connectivity index (χ3n) is 2.52. The predicted octanol–water partition coefficient (Wildman–Crippen LogP) is 3.05. The van der Waals surface area contributed by atoms with Crippen molar-refractivity contribution in [3.8, 4) is 0 Å². The van der Waals surface area contributed by atoms with E-state index in [9.17, 15) is 4.39 Å². The highest BCUT2D eigenvalue weighted by atomic mass is 19.1. The molecule has 1 unspecified atom stereocenters. The third kappa shape index (κ3) is 2.32. The van der Waals surface area contributed by atoms with Gasteiger partial charge in [0.1, 0.15) is 5.82 Å². The van der Waals surface area contributed by atoms with E-state index in [0.29, 0.717) is 17.5 Å². The monoisotopic (exact) mass is 195 g/mol. The second kappa shape index (κ2) is 4.56. The second-order valence-corrected chi connectivity index (χ2v) is 4.02. The molecule has 0 fully saturated rings. The van der Waals surface area contributed by atoms with Crippen LogP contribution in [0.3, 0.4) is 0 Å². The van der Waals surface area contributed by atoms with Crippen LogP contribution in [0.2, 0.25) is 0 Å². The van der Waals surface area contributed by atoms with Crippen molar-refractivity contribution in [1.82, 2.24) is 5.32 Å². The molecule has 1 atom stereocenters. The van der Waals surface area contributed by atoms with Gasteiger partial charge in [0.2, 0.25) is 0 Å². The van der Waals surface area contributed by atoms with Gasteiger partial charge in [-0.15, -0.1) is 0 Å². The van der Waals surface area contributed by atoms with Crippen molar-refractivity contribution in [2.45, 2.75) is 26.8 Å². The summed E-state index contributed by atoms with van der Waals surface area (Å²) in [7, 11) is 1.93. The fourth-order valence-corrected chi connectivity index (χ4v) is 1.75. The molecule has 1 rings (SSSR count). The first-order valence-electron chi connectivity index (χ1n) is 4.99. The quantitative estimate of drug-likeness (QED) is 0.781. The number of hydrogen-bond donors (Lipinski definition) is 1. The molecule has 0 bridgehead atoms. The summed E-state index contributed by atoms with van der Waals surface area (Å²) >= 11 is 0. The molecule has 0 radical (unpaired) electrons. The van der Waals surface area contributed by atoms with Crippen molar-refractivity contribution >= 4 is 0 Å². The summed E-state index contributed by atoms with van der Waals surface area (Å²) in [6, 6.07) is 5.60. The van der Waals surface area contributed by atoms with Crippen molar-refractivity contribution in [3.05, 3.63) is 35.1 Å². The van der Waals surface area contributed by atoms with Crippen LogP contribution in [0.5, 0.6) is 0 Å². The molecule has 14 heavy (non-hydrogen) atoms. The number of benzene rings is 1. The van der Waals surface area contributed by atoms with E-state index in [2.05, 4.69) is 19.2 Å². The van der Waals surface area contributed by atoms with Crippen LogP contribution in [0.25, 0.3) is 0 Å². The lowest BCUT2D eigenvalue weighted by molar-refractivity contribution is 0.442. The van der Waals surface area contributed by atoms with Crippen molar-refractivity contribution < 1.29 is 4.39 Å². The van der Waals surface area contributed by atoms with Crippen LogP contribution >= 0.6 is 0 Å². The predicted molar refractivity (Wildman–Crippen MR) is 57.8 cm³/mol. The normalized spacial score (nSPS) is 13.3. The summed E-state index contributed by atoms with van der Waals surface area (Å²) in [5, 5.41) is 3.24. The first-order valence-corrected chi connectivity index (χ1v) is 4.99. The largest absolute Gasteiger partial charge is 0.313 e. The van der Waals surface area contributed by atoms with Gasteiger partial charge in [0.05, 0.1) is 0 Å². The highest BCUT2D eigenvalue weighted by molar-refractivity contribution is 5.26. The standard InChI is InChI=1S/C12H18FN/c1-8(2)12(14-4)10-5-6-11(13)9(3)7-10/h5-8,12,14H,1-4H3. The van der Waals surface area contributed by atoms with E-state index in [1.807, 2.05) is 19.2 Å². The molecular weight excluding hydrogens is 177 g/mol. The summed E-state index contributed by atoms with van der Waals surface area (Å²) in [4.78, 5) is 0. The van der Waals surface area contributed by atoms with Crippen LogP contribution in [-0.4, -0.2) is 7.05 Å². The van der Waals surface area contributed by atoms with Crippen LogP contribution in [0, 0.1) is 18.7 Å². The summed E-state index contributed by atoms with van der Waals surface area (Å²) in [6.45, 7) is 6.10. The maximum Gasteiger partial charge on any atom is 0.126 e. The molecule has 0 saturated carbocycles. The van der Waals surface area contributed by atoms with Gasteiger partial charge in [-0.05, 0) is 37.1 Å². The fraction of sp³-hybridized carbons (Fsp3) is 0.500. The van der Waals surface area contributed by atoms with Crippen molar-refractivity contribution in [3.63, 3.8) is 0 Å². The van der Waals surface area contributed by atoms with Crippen molar-refractivity contribution in [2.75, 3.05) is 7.05 Å². The lowest BCUT2D eigenvalue weighted by atomic mass is 9.95. The van der Waals surface area contributed by atoms with Crippen LogP contribution in [0.15, 0.2) is 18.2 Å². The van der Waals surface area contributed by atoms with Crippen LogP contribution < -0.4 is 5.32 Å². The Morgan fingerprint density at radius 3 is 2.36 bits per heavy atom. The Hall–Kier alpha value is -0.890. The van der Waals surface area contributed by atoms with E-state index < -0.39 is 0 Å². The Morgan fingerprint density at radius 1 is 1.29 bits per heavy atom. The molecule has 0 saturated heterocycles. The first-order chi connectivity index (χ1) is 6.56. The van der Waals surface area contributed by atoms with E-state index in [4.69, 9.17) is 0 Å². The molecule has 1 aromatic carbocycles. The van der Waals surface area contributed by atoms with Crippen molar-refractivity contribution in [1.29, 1.82) is 0 Å². The SMILES string of the molecule is CNC(c1ccc(F)c(C)c1)C(C)C. The highest BCUT2D eigenvalue weighted by Crippen LogP contribution is 2.22. The zero-order valence-corrected chi connectivity index (χ0v) is 9.26. The van der Waals surface area contributed by atoms with E-state index in [-0.39, 0.29) is 5.82 Å². The Kier molecular flexibility index (Phi) is 3.64. The molecule has 1 N–H and O–H groups in total. The van der Waals surface area contributed by atoms with Gasteiger partial charge in [-0.1, -0.05) is 26.0 Å². The van der Waals surface area contributed by atoms with Crippen molar-refractivity contribution in [2.24, 2.45) is 5.92 Å². The number of halogens is 1. The smallest absolute Gasteiger partial charge is 0.126 e. The maximum atomic E-state index is 13.0. The average molecular weight is 195 g/mol. The molecule has 1 aromatic rings. The zero-order chi connectivity index (χ0) is 10.7. The van der Waals surface area contributed by atoms with E-state index in [1.54, 1.807) is 6.92 Å². The molecule has 0 aliphatic heterocycles. The van der Waals surface area contributed by atoms with Gasteiger partial charge in [-0.3, -0.25) is 0 Å². The minimum Gasteiger partial charge on any atom is -0.313 e. The van der Waals surface area contributed by atoms with Gasteiger partial charge in [0.25, 0.3) is 0 Å². The fourth-order valence-electron chi connectivity index (χ4n) is 1.75. The van der Waals surface area contributed by atoms with Gasteiger partial charge in [-0.25, -0.2) is 4.39 Å². The number of hydrogen-bond acceptors (Lipinski definition) is 1. The Bertz CT molecular complexity index is 307. The second-order valence-electron chi connectivity index (χ2n) is 4.02. The summed E-state index contributed by atoms with van der Waals surface area (Å²) in [5.74, 6) is 0.372. The third-order valence-corrected chi connectivity index (χ3v) is 2.52. The Balaban J connectivity index is 3.00. The number of nitrogens with one attached hydrogen (secondary N) is 1. The molecular formula is C12H18FN. The molecule has 0 heterocycles. The van der Waals surface area contributed by atoms with Gasteiger partial charge in [0, 0.05) is 6.04 Å².